The van der Waals surface area contributed by atoms with Gasteiger partial charge >= 0.3 is 6.18 Å². The smallest absolute Gasteiger partial charge is 0.385 e. The number of aliphatic hydroxyl groups is 2. The van der Waals surface area contributed by atoms with Crippen LogP contribution in [0, 0.1) is 11.3 Å². The number of alkyl halides is 3. The first-order valence-electron chi connectivity index (χ1n) is 4.39. The fourth-order valence-corrected chi connectivity index (χ4v) is 1.67. The maximum absolute atomic E-state index is 12.5. The van der Waals surface area contributed by atoms with Gasteiger partial charge in [0.2, 0.25) is 0 Å². The average molecular weight is 310 g/mol. The van der Waals surface area contributed by atoms with Gasteiger partial charge in [-0.3, -0.25) is 0 Å². The number of nitrogens with zero attached hydrogens (tertiary/aromatic N) is 1. The molecule has 0 spiro atoms. The number of benzene rings is 1. The molecule has 0 saturated heterocycles. The molecule has 0 aliphatic heterocycles. The third-order valence-electron chi connectivity index (χ3n) is 2.07. The maximum atomic E-state index is 12.5. The second-order valence-electron chi connectivity index (χ2n) is 3.26. The summed E-state index contributed by atoms with van der Waals surface area (Å²) >= 11 is 2.74. The first kappa shape index (κ1) is 14.0. The molecule has 0 aromatic heterocycles. The van der Waals surface area contributed by atoms with E-state index in [2.05, 4.69) is 15.9 Å². The third-order valence-corrected chi connectivity index (χ3v) is 2.76. The molecular weight excluding hydrogens is 303 g/mol. The minimum Gasteiger partial charge on any atom is -0.385 e. The largest absolute Gasteiger partial charge is 0.417 e. The van der Waals surface area contributed by atoms with Crippen molar-refractivity contribution in [2.24, 2.45) is 0 Å². The Labute approximate surface area is 103 Å². The monoisotopic (exact) mass is 309 g/mol. The molecule has 17 heavy (non-hydrogen) atoms. The van der Waals surface area contributed by atoms with Crippen LogP contribution in [0.5, 0.6) is 0 Å². The molecule has 2 unspecified atom stereocenters. The molecule has 0 aliphatic rings. The molecule has 0 amide bonds. The highest BCUT2D eigenvalue weighted by molar-refractivity contribution is 9.10. The molecule has 2 N–H and O–H groups in total. The summed E-state index contributed by atoms with van der Waals surface area (Å²) in [5.74, 6) is 0. The van der Waals surface area contributed by atoms with E-state index in [4.69, 9.17) is 10.4 Å². The first-order valence-corrected chi connectivity index (χ1v) is 5.19. The molecule has 0 heterocycles. The molecule has 0 fully saturated rings. The van der Waals surface area contributed by atoms with Gasteiger partial charge in [0, 0.05) is 4.47 Å². The molecule has 0 bridgehead atoms. The molecule has 1 aromatic rings. The topological polar surface area (TPSA) is 64.2 Å². The fourth-order valence-electron chi connectivity index (χ4n) is 1.20. The van der Waals surface area contributed by atoms with Gasteiger partial charge < -0.3 is 10.2 Å². The zero-order valence-corrected chi connectivity index (χ0v) is 9.83. The number of nitriles is 1. The second kappa shape index (κ2) is 5.04. The lowest BCUT2D eigenvalue weighted by atomic mass is 10.0. The number of rotatable bonds is 2. The van der Waals surface area contributed by atoms with E-state index in [9.17, 15) is 18.3 Å². The van der Waals surface area contributed by atoms with Crippen molar-refractivity contribution in [3.8, 4) is 6.07 Å². The summed E-state index contributed by atoms with van der Waals surface area (Å²) < 4.78 is 37.4. The van der Waals surface area contributed by atoms with Gasteiger partial charge in [-0.2, -0.15) is 18.4 Å². The quantitative estimate of drug-likeness (QED) is 0.824. The second-order valence-corrected chi connectivity index (χ2v) is 4.11. The molecule has 2 atom stereocenters. The fraction of sp³-hybridized carbons (Fsp3) is 0.300. The predicted octanol–water partition coefficient (Wildman–Crippen LogP) is 2.39. The van der Waals surface area contributed by atoms with Gasteiger partial charge in [0.25, 0.3) is 0 Å². The summed E-state index contributed by atoms with van der Waals surface area (Å²) in [7, 11) is 0. The van der Waals surface area contributed by atoms with Crippen LogP contribution in [0.2, 0.25) is 0 Å². The molecule has 0 saturated carbocycles. The zero-order chi connectivity index (χ0) is 13.2. The van der Waals surface area contributed by atoms with Crippen LogP contribution in [-0.2, 0) is 6.18 Å². The van der Waals surface area contributed by atoms with Crippen molar-refractivity contribution in [2.45, 2.75) is 18.4 Å². The van der Waals surface area contributed by atoms with E-state index < -0.39 is 23.9 Å². The lowest BCUT2D eigenvalue weighted by Crippen LogP contribution is -2.17. The van der Waals surface area contributed by atoms with Crippen LogP contribution in [0.1, 0.15) is 17.2 Å². The summed E-state index contributed by atoms with van der Waals surface area (Å²) in [5, 5.41) is 26.8. The minimum atomic E-state index is -4.58. The van der Waals surface area contributed by atoms with Crippen molar-refractivity contribution >= 4 is 15.9 Å². The van der Waals surface area contributed by atoms with E-state index in [1.807, 2.05) is 0 Å². The number of aliphatic hydroxyl groups excluding tert-OH is 2. The standard InChI is InChI=1S/C10H7BrF3NO2/c11-7-2-1-5(9(17)8(16)4-15)3-6(7)10(12,13)14/h1-3,8-9,16-17H. The van der Waals surface area contributed by atoms with E-state index in [1.54, 1.807) is 0 Å². The van der Waals surface area contributed by atoms with Crippen LogP contribution in [0.25, 0.3) is 0 Å². The third kappa shape index (κ3) is 3.19. The van der Waals surface area contributed by atoms with E-state index in [1.165, 1.54) is 12.1 Å². The van der Waals surface area contributed by atoms with Gasteiger partial charge in [-0.1, -0.05) is 22.0 Å². The Morgan fingerprint density at radius 1 is 1.29 bits per heavy atom. The lowest BCUT2D eigenvalue weighted by Gasteiger charge is -2.15. The minimum absolute atomic E-state index is 0.172. The van der Waals surface area contributed by atoms with Crippen molar-refractivity contribution in [3.05, 3.63) is 33.8 Å². The van der Waals surface area contributed by atoms with Crippen molar-refractivity contribution in [1.29, 1.82) is 5.26 Å². The molecule has 7 heteroatoms. The summed E-state index contributed by atoms with van der Waals surface area (Å²) in [6, 6.07) is 4.34. The first-order chi connectivity index (χ1) is 7.77. The van der Waals surface area contributed by atoms with Gasteiger partial charge in [0.05, 0.1) is 11.6 Å². The van der Waals surface area contributed by atoms with Crippen LogP contribution < -0.4 is 0 Å². The number of hydrogen-bond donors (Lipinski definition) is 2. The Morgan fingerprint density at radius 3 is 2.35 bits per heavy atom. The van der Waals surface area contributed by atoms with Crippen LogP contribution in [0.15, 0.2) is 22.7 Å². The SMILES string of the molecule is N#CC(O)C(O)c1ccc(Br)c(C(F)(F)F)c1. The molecule has 0 radical (unpaired) electrons. The van der Waals surface area contributed by atoms with Crippen LogP contribution in [0.4, 0.5) is 13.2 Å². The van der Waals surface area contributed by atoms with Gasteiger partial charge in [-0.25, -0.2) is 0 Å². The summed E-state index contributed by atoms with van der Waals surface area (Å²) in [6.07, 6.45) is -8.02. The van der Waals surface area contributed by atoms with Crippen LogP contribution in [0.3, 0.4) is 0 Å². The average Bonchev–Trinajstić information content (AvgIpc) is 2.26. The Balaban J connectivity index is 3.18. The Kier molecular flexibility index (Phi) is 4.14. The highest BCUT2D eigenvalue weighted by Crippen LogP contribution is 2.36. The van der Waals surface area contributed by atoms with E-state index >= 15 is 0 Å². The van der Waals surface area contributed by atoms with Crippen molar-refractivity contribution in [3.63, 3.8) is 0 Å². The summed E-state index contributed by atoms with van der Waals surface area (Å²) in [6.45, 7) is 0. The lowest BCUT2D eigenvalue weighted by molar-refractivity contribution is -0.138. The van der Waals surface area contributed by atoms with Gasteiger partial charge in [0.1, 0.15) is 6.10 Å². The van der Waals surface area contributed by atoms with E-state index in [-0.39, 0.29) is 10.0 Å². The van der Waals surface area contributed by atoms with Crippen LogP contribution >= 0.6 is 15.9 Å². The van der Waals surface area contributed by atoms with Gasteiger partial charge in [-0.05, 0) is 17.7 Å². The number of halogens is 4. The van der Waals surface area contributed by atoms with Crippen molar-refractivity contribution in [1.82, 2.24) is 0 Å². The molecule has 3 nitrogen and oxygen atoms in total. The highest BCUT2D eigenvalue weighted by Gasteiger charge is 2.34. The van der Waals surface area contributed by atoms with Crippen LogP contribution in [-0.4, -0.2) is 16.3 Å². The predicted molar refractivity (Wildman–Crippen MR) is 55.7 cm³/mol. The normalized spacial score (nSPS) is 15.1. The highest BCUT2D eigenvalue weighted by atomic mass is 79.9. The van der Waals surface area contributed by atoms with E-state index in [0.29, 0.717) is 6.07 Å². The summed E-state index contributed by atoms with van der Waals surface area (Å²) in [5.41, 5.74) is -1.14. The molecule has 1 aromatic carbocycles. The summed E-state index contributed by atoms with van der Waals surface area (Å²) in [4.78, 5) is 0. The Morgan fingerprint density at radius 2 is 1.88 bits per heavy atom. The molecule has 1 rings (SSSR count). The van der Waals surface area contributed by atoms with Crippen molar-refractivity contribution in [2.75, 3.05) is 0 Å². The Bertz CT molecular complexity index is 456. The molecule has 0 aliphatic carbocycles. The number of hydrogen-bond acceptors (Lipinski definition) is 3. The zero-order valence-electron chi connectivity index (χ0n) is 8.24. The van der Waals surface area contributed by atoms with Crippen molar-refractivity contribution < 1.29 is 23.4 Å². The Hall–Kier alpha value is -1.10. The van der Waals surface area contributed by atoms with E-state index in [0.717, 1.165) is 6.07 Å². The maximum Gasteiger partial charge on any atom is 0.417 e. The molecular formula is C10H7BrF3NO2. The van der Waals surface area contributed by atoms with Gasteiger partial charge in [0.15, 0.2) is 6.10 Å². The molecule has 92 valence electrons. The van der Waals surface area contributed by atoms with Gasteiger partial charge in [-0.15, -0.1) is 0 Å².